The van der Waals surface area contributed by atoms with Gasteiger partial charge in [-0.05, 0) is 39.3 Å². The van der Waals surface area contributed by atoms with Crippen LogP contribution in [0.1, 0.15) is 34.1 Å². The first-order chi connectivity index (χ1) is 5.83. The van der Waals surface area contributed by atoms with Crippen LogP contribution in [0.5, 0.6) is 0 Å². The van der Waals surface area contributed by atoms with Gasteiger partial charge in [0.15, 0.2) is 0 Å². The van der Waals surface area contributed by atoms with Crippen molar-refractivity contribution in [2.45, 2.75) is 34.1 Å². The van der Waals surface area contributed by atoms with Crippen molar-refractivity contribution in [2.75, 3.05) is 0 Å². The van der Waals surface area contributed by atoms with Crippen LogP contribution in [-0.4, -0.2) is 0 Å². The highest BCUT2D eigenvalue weighted by molar-refractivity contribution is 4.98. The lowest BCUT2D eigenvalue weighted by molar-refractivity contribution is 1.23. The SMILES string of the molecule is CC=C=CCC.CC=CC=CC. The topological polar surface area (TPSA) is 0 Å². The van der Waals surface area contributed by atoms with Crippen LogP contribution < -0.4 is 0 Å². The summed E-state index contributed by atoms with van der Waals surface area (Å²) in [4.78, 5) is 0. The van der Waals surface area contributed by atoms with Crippen molar-refractivity contribution >= 4 is 0 Å². The summed E-state index contributed by atoms with van der Waals surface area (Å²) < 4.78 is 0. The minimum atomic E-state index is 1.09. The molecule has 0 nitrogen and oxygen atoms in total. The zero-order valence-electron chi connectivity index (χ0n) is 8.67. The number of rotatable bonds is 2. The van der Waals surface area contributed by atoms with Crippen LogP contribution in [0.3, 0.4) is 0 Å². The Morgan fingerprint density at radius 3 is 1.67 bits per heavy atom. The van der Waals surface area contributed by atoms with E-state index in [1.807, 2.05) is 57.2 Å². The second-order valence-electron chi connectivity index (χ2n) is 2.12. The summed E-state index contributed by atoms with van der Waals surface area (Å²) in [6, 6.07) is 0. The van der Waals surface area contributed by atoms with Crippen molar-refractivity contribution in [3.63, 3.8) is 0 Å². The van der Waals surface area contributed by atoms with Crippen molar-refractivity contribution < 1.29 is 0 Å². The van der Waals surface area contributed by atoms with Crippen molar-refractivity contribution in [3.8, 4) is 0 Å². The Hall–Kier alpha value is -1.00. The zero-order chi connectivity index (χ0) is 9.66. The van der Waals surface area contributed by atoms with Gasteiger partial charge < -0.3 is 0 Å². The molecule has 0 amide bonds. The molecule has 0 saturated heterocycles. The number of hydrogen-bond acceptors (Lipinski definition) is 0. The molecule has 0 saturated carbocycles. The van der Waals surface area contributed by atoms with Gasteiger partial charge in [-0.25, -0.2) is 0 Å². The lowest BCUT2D eigenvalue weighted by atomic mass is 10.4. The second-order valence-corrected chi connectivity index (χ2v) is 2.12. The van der Waals surface area contributed by atoms with E-state index < -0.39 is 0 Å². The molecule has 0 N–H and O–H groups in total. The molecule has 0 aliphatic heterocycles. The van der Waals surface area contributed by atoms with Crippen LogP contribution in [0.25, 0.3) is 0 Å². The maximum atomic E-state index is 2.95. The van der Waals surface area contributed by atoms with E-state index in [0.29, 0.717) is 0 Å². The van der Waals surface area contributed by atoms with Crippen LogP contribution in [0.15, 0.2) is 42.2 Å². The van der Waals surface area contributed by atoms with Gasteiger partial charge >= 0.3 is 0 Å². The van der Waals surface area contributed by atoms with Crippen LogP contribution in [0.2, 0.25) is 0 Å². The average molecular weight is 164 g/mol. The zero-order valence-corrected chi connectivity index (χ0v) is 8.67. The third-order valence-corrected chi connectivity index (χ3v) is 0.985. The standard InChI is InChI=1S/2C6H10/c2*1-3-5-6-4-2/h3,6H,4H2,1-2H3;3-6H,1-2H3. The van der Waals surface area contributed by atoms with E-state index in [0.717, 1.165) is 6.42 Å². The summed E-state index contributed by atoms with van der Waals surface area (Å²) in [5.74, 6) is 0. The fourth-order valence-corrected chi connectivity index (χ4v) is 0.458. The van der Waals surface area contributed by atoms with E-state index in [4.69, 9.17) is 0 Å². The molecule has 0 aromatic rings. The summed E-state index contributed by atoms with van der Waals surface area (Å²) in [6.07, 6.45) is 13.0. The molecule has 0 radical (unpaired) electrons. The highest BCUT2D eigenvalue weighted by Crippen LogP contribution is 1.72. The Kier molecular flexibility index (Phi) is 18.7. The lowest BCUT2D eigenvalue weighted by Gasteiger charge is -1.62. The minimum absolute atomic E-state index is 1.09. The van der Waals surface area contributed by atoms with E-state index in [1.165, 1.54) is 0 Å². The molecule has 0 heteroatoms. The molecular weight excluding hydrogens is 144 g/mol. The van der Waals surface area contributed by atoms with E-state index in [1.54, 1.807) is 0 Å². The smallest absolute Gasteiger partial charge is 0.0303 e. The van der Waals surface area contributed by atoms with Gasteiger partial charge in [0, 0.05) is 0 Å². The van der Waals surface area contributed by atoms with Gasteiger partial charge in [-0.3, -0.25) is 0 Å². The van der Waals surface area contributed by atoms with Gasteiger partial charge in [0.1, 0.15) is 0 Å². The lowest BCUT2D eigenvalue weighted by Crippen LogP contribution is -1.42. The summed E-state index contributed by atoms with van der Waals surface area (Å²) in [5, 5.41) is 0. The van der Waals surface area contributed by atoms with Gasteiger partial charge in [0.05, 0.1) is 0 Å². The predicted molar refractivity (Wildman–Crippen MR) is 58.2 cm³/mol. The van der Waals surface area contributed by atoms with Crippen LogP contribution >= 0.6 is 0 Å². The normalized spacial score (nSPS) is 9.00. The molecular formula is C12H20. The van der Waals surface area contributed by atoms with E-state index in [9.17, 15) is 0 Å². The monoisotopic (exact) mass is 164 g/mol. The van der Waals surface area contributed by atoms with E-state index in [-0.39, 0.29) is 0 Å². The Morgan fingerprint density at radius 1 is 1.00 bits per heavy atom. The predicted octanol–water partition coefficient (Wildman–Crippen LogP) is 4.27. The summed E-state index contributed by atoms with van der Waals surface area (Å²) in [5.41, 5.74) is 2.95. The molecule has 0 spiro atoms. The molecule has 0 aliphatic carbocycles. The summed E-state index contributed by atoms with van der Waals surface area (Å²) >= 11 is 0. The van der Waals surface area contributed by atoms with Gasteiger partial charge in [0.25, 0.3) is 0 Å². The van der Waals surface area contributed by atoms with Gasteiger partial charge in [-0.15, -0.1) is 5.73 Å². The van der Waals surface area contributed by atoms with Crippen molar-refractivity contribution in [3.05, 3.63) is 42.2 Å². The third-order valence-electron chi connectivity index (χ3n) is 0.985. The molecule has 0 heterocycles. The van der Waals surface area contributed by atoms with Crippen molar-refractivity contribution in [2.24, 2.45) is 0 Å². The van der Waals surface area contributed by atoms with E-state index >= 15 is 0 Å². The minimum Gasteiger partial charge on any atom is -0.130 e. The molecule has 0 aromatic carbocycles. The Bertz CT molecular complexity index is 154. The molecule has 0 aliphatic rings. The fraction of sp³-hybridized carbons (Fsp3) is 0.417. The Balaban J connectivity index is 0. The fourth-order valence-electron chi connectivity index (χ4n) is 0.458. The quantitative estimate of drug-likeness (QED) is 0.422. The first-order valence-electron chi connectivity index (χ1n) is 4.42. The molecule has 0 unspecified atom stereocenters. The third kappa shape index (κ3) is 23.0. The van der Waals surface area contributed by atoms with Gasteiger partial charge in [-0.2, -0.15) is 0 Å². The number of allylic oxidation sites excluding steroid dienone is 5. The van der Waals surface area contributed by atoms with Gasteiger partial charge in [-0.1, -0.05) is 31.2 Å². The molecule has 0 bridgehead atoms. The van der Waals surface area contributed by atoms with Crippen LogP contribution in [0, 0.1) is 0 Å². The second kappa shape index (κ2) is 16.5. The van der Waals surface area contributed by atoms with Gasteiger partial charge in [0.2, 0.25) is 0 Å². The summed E-state index contributed by atoms with van der Waals surface area (Å²) in [7, 11) is 0. The molecule has 0 atom stereocenters. The summed E-state index contributed by atoms with van der Waals surface area (Å²) in [6.45, 7) is 8.06. The molecule has 0 fully saturated rings. The first-order valence-corrected chi connectivity index (χ1v) is 4.42. The first kappa shape index (κ1) is 13.6. The molecule has 12 heavy (non-hydrogen) atoms. The van der Waals surface area contributed by atoms with Crippen LogP contribution in [0.4, 0.5) is 0 Å². The Labute approximate surface area is 77.0 Å². The van der Waals surface area contributed by atoms with E-state index in [2.05, 4.69) is 12.7 Å². The molecule has 68 valence electrons. The average Bonchev–Trinajstić information content (AvgIpc) is 2.12. The van der Waals surface area contributed by atoms with Crippen molar-refractivity contribution in [1.82, 2.24) is 0 Å². The number of hydrogen-bond donors (Lipinski definition) is 0. The highest BCUT2D eigenvalue weighted by atomic mass is 13.6. The van der Waals surface area contributed by atoms with Crippen LogP contribution in [-0.2, 0) is 0 Å². The highest BCUT2D eigenvalue weighted by Gasteiger charge is 1.52. The molecule has 0 rings (SSSR count). The van der Waals surface area contributed by atoms with Crippen molar-refractivity contribution in [1.29, 1.82) is 0 Å². The maximum Gasteiger partial charge on any atom is -0.0303 e. The largest absolute Gasteiger partial charge is 0.130 e. The maximum absolute atomic E-state index is 2.95. The molecule has 0 aromatic heterocycles. The Morgan fingerprint density at radius 2 is 1.50 bits per heavy atom.